The Balaban J connectivity index is 2.52. The summed E-state index contributed by atoms with van der Waals surface area (Å²) in [5.41, 5.74) is 2.05. The van der Waals surface area contributed by atoms with Crippen molar-refractivity contribution in [3.63, 3.8) is 0 Å². The third kappa shape index (κ3) is 4.27. The minimum atomic E-state index is 0.748. The quantitative estimate of drug-likeness (QED) is 0.739. The number of aryl methyl sites for hydroxylation is 1. The molecule has 90 valence electrons. The molecule has 0 aliphatic carbocycles. The second-order valence-electron chi connectivity index (χ2n) is 4.49. The zero-order valence-corrected chi connectivity index (χ0v) is 10.9. The Bertz CT molecular complexity index is 295. The van der Waals surface area contributed by atoms with Gasteiger partial charge in [-0.3, -0.25) is 14.9 Å². The van der Waals surface area contributed by atoms with Gasteiger partial charge in [-0.05, 0) is 19.4 Å². The molecule has 0 aliphatic heterocycles. The summed E-state index contributed by atoms with van der Waals surface area (Å²) >= 11 is 0. The zero-order valence-electron chi connectivity index (χ0n) is 10.9. The van der Waals surface area contributed by atoms with Crippen molar-refractivity contribution in [1.82, 2.24) is 14.9 Å². The van der Waals surface area contributed by atoms with E-state index in [2.05, 4.69) is 35.6 Å². The summed E-state index contributed by atoms with van der Waals surface area (Å²) in [7, 11) is 0. The van der Waals surface area contributed by atoms with Gasteiger partial charge in [0.15, 0.2) is 0 Å². The summed E-state index contributed by atoms with van der Waals surface area (Å²) in [5.74, 6) is 0.748. The monoisotopic (exact) mass is 221 g/mol. The average molecular weight is 221 g/mol. The molecule has 1 rings (SSSR count). The molecule has 1 atom stereocenters. The van der Waals surface area contributed by atoms with Gasteiger partial charge in [0, 0.05) is 25.5 Å². The number of rotatable bonds is 6. The molecular formula is C13H23N3. The van der Waals surface area contributed by atoms with Gasteiger partial charge in [0.05, 0.1) is 11.4 Å². The number of hydrogen-bond donors (Lipinski definition) is 0. The van der Waals surface area contributed by atoms with Gasteiger partial charge in [-0.25, -0.2) is 0 Å². The summed E-state index contributed by atoms with van der Waals surface area (Å²) in [6.07, 6.45) is 4.96. The highest BCUT2D eigenvalue weighted by Gasteiger charge is 2.08. The Hall–Kier alpha value is -0.960. The highest BCUT2D eigenvalue weighted by atomic mass is 15.1. The lowest BCUT2D eigenvalue weighted by molar-refractivity contribution is 0.235. The van der Waals surface area contributed by atoms with Crippen molar-refractivity contribution in [3.05, 3.63) is 23.8 Å². The van der Waals surface area contributed by atoms with Crippen LogP contribution >= 0.6 is 0 Å². The molecule has 0 fully saturated rings. The molecule has 0 N–H and O–H groups in total. The van der Waals surface area contributed by atoms with Crippen LogP contribution in [0, 0.1) is 12.8 Å². The summed E-state index contributed by atoms with van der Waals surface area (Å²) in [5, 5.41) is 0. The van der Waals surface area contributed by atoms with E-state index in [-0.39, 0.29) is 0 Å². The smallest absolute Gasteiger partial charge is 0.0727 e. The second-order valence-corrected chi connectivity index (χ2v) is 4.49. The Morgan fingerprint density at radius 1 is 1.25 bits per heavy atom. The lowest BCUT2D eigenvalue weighted by atomic mass is 10.1. The highest BCUT2D eigenvalue weighted by Crippen LogP contribution is 2.07. The minimum Gasteiger partial charge on any atom is -0.297 e. The summed E-state index contributed by atoms with van der Waals surface area (Å²) in [4.78, 5) is 11.1. The Labute approximate surface area is 98.9 Å². The van der Waals surface area contributed by atoms with Gasteiger partial charge < -0.3 is 0 Å². The van der Waals surface area contributed by atoms with E-state index in [1.54, 1.807) is 0 Å². The molecule has 1 heterocycles. The van der Waals surface area contributed by atoms with Gasteiger partial charge in [0.2, 0.25) is 0 Å². The van der Waals surface area contributed by atoms with Gasteiger partial charge in [-0.1, -0.05) is 27.2 Å². The lowest BCUT2D eigenvalue weighted by Crippen LogP contribution is -2.28. The topological polar surface area (TPSA) is 29.0 Å². The van der Waals surface area contributed by atoms with Crippen LogP contribution in [0.2, 0.25) is 0 Å². The molecule has 0 saturated heterocycles. The summed E-state index contributed by atoms with van der Waals surface area (Å²) in [6.45, 7) is 11.8. The van der Waals surface area contributed by atoms with Crippen LogP contribution < -0.4 is 0 Å². The van der Waals surface area contributed by atoms with Crippen molar-refractivity contribution in [2.75, 3.05) is 13.1 Å². The maximum atomic E-state index is 4.39. The molecule has 16 heavy (non-hydrogen) atoms. The van der Waals surface area contributed by atoms with Crippen molar-refractivity contribution < 1.29 is 0 Å². The van der Waals surface area contributed by atoms with Gasteiger partial charge in [-0.15, -0.1) is 0 Å². The molecule has 0 saturated carbocycles. The lowest BCUT2D eigenvalue weighted by Gasteiger charge is -2.23. The van der Waals surface area contributed by atoms with Crippen LogP contribution in [0.3, 0.4) is 0 Å². The van der Waals surface area contributed by atoms with E-state index in [1.807, 2.05) is 19.3 Å². The predicted molar refractivity (Wildman–Crippen MR) is 67.2 cm³/mol. The molecule has 0 amide bonds. The fraction of sp³-hybridized carbons (Fsp3) is 0.692. The molecule has 0 bridgehead atoms. The second kappa shape index (κ2) is 6.59. The van der Waals surface area contributed by atoms with Crippen LogP contribution in [0.5, 0.6) is 0 Å². The largest absolute Gasteiger partial charge is 0.297 e. The fourth-order valence-electron chi connectivity index (χ4n) is 1.61. The van der Waals surface area contributed by atoms with E-state index >= 15 is 0 Å². The van der Waals surface area contributed by atoms with E-state index in [9.17, 15) is 0 Å². The average Bonchev–Trinajstić information content (AvgIpc) is 2.30. The highest BCUT2D eigenvalue weighted by molar-refractivity contribution is 5.00. The van der Waals surface area contributed by atoms with E-state index in [1.165, 1.54) is 6.42 Å². The summed E-state index contributed by atoms with van der Waals surface area (Å²) < 4.78 is 0. The molecule has 1 aromatic rings. The van der Waals surface area contributed by atoms with Gasteiger partial charge >= 0.3 is 0 Å². The first kappa shape index (κ1) is 13.1. The molecule has 0 aliphatic rings. The van der Waals surface area contributed by atoms with E-state index in [0.717, 1.165) is 36.9 Å². The van der Waals surface area contributed by atoms with Crippen LogP contribution in [0.25, 0.3) is 0 Å². The molecule has 3 heteroatoms. The van der Waals surface area contributed by atoms with Crippen molar-refractivity contribution in [2.24, 2.45) is 5.92 Å². The van der Waals surface area contributed by atoms with Crippen LogP contribution in [0.4, 0.5) is 0 Å². The van der Waals surface area contributed by atoms with E-state index in [0.29, 0.717) is 0 Å². The third-order valence-corrected chi connectivity index (χ3v) is 2.93. The first-order chi connectivity index (χ1) is 7.65. The van der Waals surface area contributed by atoms with Gasteiger partial charge in [-0.2, -0.15) is 0 Å². The van der Waals surface area contributed by atoms with E-state index in [4.69, 9.17) is 0 Å². The molecule has 0 unspecified atom stereocenters. The summed E-state index contributed by atoms with van der Waals surface area (Å²) in [6, 6.07) is 0. The first-order valence-electron chi connectivity index (χ1n) is 6.15. The predicted octanol–water partition coefficient (Wildman–Crippen LogP) is 2.65. The molecule has 0 aromatic carbocycles. The normalized spacial score (nSPS) is 13.1. The third-order valence-electron chi connectivity index (χ3n) is 2.93. The first-order valence-corrected chi connectivity index (χ1v) is 6.15. The number of nitrogens with zero attached hydrogens (tertiary/aromatic N) is 3. The molecule has 3 nitrogen and oxygen atoms in total. The number of aromatic nitrogens is 2. The Morgan fingerprint density at radius 2 is 2.00 bits per heavy atom. The van der Waals surface area contributed by atoms with Crippen molar-refractivity contribution in [1.29, 1.82) is 0 Å². The van der Waals surface area contributed by atoms with Crippen LogP contribution in [-0.2, 0) is 6.54 Å². The molecule has 0 radical (unpaired) electrons. The van der Waals surface area contributed by atoms with Gasteiger partial charge in [0.1, 0.15) is 0 Å². The van der Waals surface area contributed by atoms with Crippen LogP contribution in [-0.4, -0.2) is 28.0 Å². The van der Waals surface area contributed by atoms with Gasteiger partial charge in [0.25, 0.3) is 0 Å². The Kier molecular flexibility index (Phi) is 5.39. The minimum absolute atomic E-state index is 0.748. The van der Waals surface area contributed by atoms with E-state index < -0.39 is 0 Å². The van der Waals surface area contributed by atoms with Crippen LogP contribution in [0.1, 0.15) is 38.6 Å². The molecule has 0 spiro atoms. The maximum Gasteiger partial charge on any atom is 0.0727 e. The fourth-order valence-corrected chi connectivity index (χ4v) is 1.61. The van der Waals surface area contributed by atoms with Crippen molar-refractivity contribution >= 4 is 0 Å². The maximum absolute atomic E-state index is 4.39. The molecular weight excluding hydrogens is 198 g/mol. The SMILES string of the molecule is CC[C@H](C)CN(CC)Cc1cnc(C)cn1. The van der Waals surface area contributed by atoms with Crippen LogP contribution in [0.15, 0.2) is 12.4 Å². The Morgan fingerprint density at radius 3 is 2.50 bits per heavy atom. The standard InChI is InChI=1S/C13H23N3/c1-5-11(3)9-16(6-2)10-13-8-14-12(4)7-15-13/h7-8,11H,5-6,9-10H2,1-4H3/t11-/m0/s1. The molecule has 1 aromatic heterocycles. The number of hydrogen-bond acceptors (Lipinski definition) is 3. The van der Waals surface area contributed by atoms with Crippen molar-refractivity contribution in [3.8, 4) is 0 Å². The zero-order chi connectivity index (χ0) is 12.0. The van der Waals surface area contributed by atoms with Crippen molar-refractivity contribution in [2.45, 2.75) is 40.7 Å².